The van der Waals surface area contributed by atoms with Crippen molar-refractivity contribution in [3.05, 3.63) is 70.8 Å². The van der Waals surface area contributed by atoms with E-state index in [1.54, 1.807) is 28.4 Å². The van der Waals surface area contributed by atoms with E-state index >= 15 is 0 Å². The van der Waals surface area contributed by atoms with Crippen LogP contribution in [0.4, 0.5) is 0 Å². The van der Waals surface area contributed by atoms with Gasteiger partial charge < -0.3 is 40.5 Å². The van der Waals surface area contributed by atoms with Crippen LogP contribution in [0.25, 0.3) is 43.9 Å². The fraction of sp³-hybridized carbons (Fsp3) is 0.520. The first-order valence-corrected chi connectivity index (χ1v) is 23.8. The summed E-state index contributed by atoms with van der Waals surface area (Å²) in [7, 11) is 2.47. The fourth-order valence-electron chi connectivity index (χ4n) is 8.24. The maximum Gasteiger partial charge on any atom is 0.387 e. The maximum absolute atomic E-state index is 7.09. The van der Waals surface area contributed by atoms with E-state index in [9.17, 15) is 0 Å². The van der Waals surface area contributed by atoms with Crippen LogP contribution >= 0.6 is 16.5 Å². The Morgan fingerprint density at radius 1 is 0.381 bits per heavy atom. The first kappa shape index (κ1) is 46.7. The van der Waals surface area contributed by atoms with Crippen molar-refractivity contribution in [2.45, 2.75) is 143 Å². The number of ether oxygens (including phenoxy) is 5. The molecule has 0 N–H and O–H groups in total. The van der Waals surface area contributed by atoms with Crippen LogP contribution in [0.1, 0.15) is 119 Å². The van der Waals surface area contributed by atoms with Gasteiger partial charge in [0.1, 0.15) is 57.5 Å². The van der Waals surface area contributed by atoms with Gasteiger partial charge in [0, 0.05) is 43.8 Å². The first-order valence-electron chi connectivity index (χ1n) is 21.6. The SMILES string of the molecule is COc1cc(C(C)(C)C)c2op(O[C@@H]3[C@@H](Op4oc5c(C(C)(C)C)cc(OC)cc5c5cc(OC)cc(C(C)(C)C)c5o4)[C@@H](C)O[C@@H]3C)oc3c(C(C)(C)C)cc(OC)cc3c2c1. The zero-order valence-electron chi connectivity index (χ0n) is 40.3. The molecule has 0 saturated carbocycles. The minimum atomic E-state index is -2.12. The molecule has 11 nitrogen and oxygen atoms in total. The second kappa shape index (κ2) is 17.0. The summed E-state index contributed by atoms with van der Waals surface area (Å²) in [6.45, 7) is 29.8. The fourth-order valence-corrected chi connectivity index (χ4v) is 10.9. The van der Waals surface area contributed by atoms with Crippen molar-refractivity contribution >= 4 is 60.4 Å². The van der Waals surface area contributed by atoms with Gasteiger partial charge in [0.05, 0.1) is 40.6 Å². The summed E-state index contributed by atoms with van der Waals surface area (Å²) < 4.78 is 72.3. The van der Waals surface area contributed by atoms with Gasteiger partial charge in [0.15, 0.2) is 0 Å². The number of fused-ring (bicyclic) bond motifs is 6. The minimum absolute atomic E-state index is 0.338. The van der Waals surface area contributed by atoms with Gasteiger partial charge in [-0.1, -0.05) is 83.1 Å². The van der Waals surface area contributed by atoms with Gasteiger partial charge in [0.25, 0.3) is 0 Å². The van der Waals surface area contributed by atoms with Crippen molar-refractivity contribution in [2.75, 3.05) is 28.4 Å². The minimum Gasteiger partial charge on any atom is -0.497 e. The van der Waals surface area contributed by atoms with Crippen molar-refractivity contribution in [3.8, 4) is 23.0 Å². The largest absolute Gasteiger partial charge is 0.497 e. The predicted molar refractivity (Wildman–Crippen MR) is 254 cm³/mol. The highest BCUT2D eigenvalue weighted by Gasteiger charge is 2.45. The second-order valence-corrected chi connectivity index (χ2v) is 22.8. The molecule has 0 bridgehead atoms. The molecule has 63 heavy (non-hydrogen) atoms. The number of methoxy groups -OCH3 is 4. The highest BCUT2D eigenvalue weighted by Crippen LogP contribution is 2.48. The van der Waals surface area contributed by atoms with Crippen molar-refractivity contribution in [3.63, 3.8) is 0 Å². The highest BCUT2D eigenvalue weighted by molar-refractivity contribution is 7.32. The number of hydrogen-bond donors (Lipinski definition) is 0. The average molecular weight is 905 g/mol. The molecular formula is C50H66O11P2. The quantitative estimate of drug-likeness (QED) is 0.145. The van der Waals surface area contributed by atoms with E-state index in [2.05, 4.69) is 83.1 Å². The van der Waals surface area contributed by atoms with E-state index in [0.29, 0.717) is 45.3 Å². The molecule has 1 saturated heterocycles. The van der Waals surface area contributed by atoms with E-state index in [0.717, 1.165) is 43.8 Å². The second-order valence-electron chi connectivity index (χ2n) is 20.7. The zero-order valence-corrected chi connectivity index (χ0v) is 42.1. The summed E-state index contributed by atoms with van der Waals surface area (Å²) in [5, 5.41) is 3.29. The van der Waals surface area contributed by atoms with Crippen LogP contribution in [0, 0.1) is 0 Å². The molecule has 4 aromatic carbocycles. The molecule has 0 aliphatic carbocycles. The Labute approximate surface area is 373 Å². The Hall–Kier alpha value is -4.24. The van der Waals surface area contributed by atoms with E-state index < -0.39 is 40.9 Å². The van der Waals surface area contributed by atoms with Crippen LogP contribution in [0.15, 0.2) is 65.3 Å². The van der Waals surface area contributed by atoms with Crippen LogP contribution in [0.3, 0.4) is 0 Å². The zero-order chi connectivity index (χ0) is 46.1. The normalized spacial score (nSPS) is 18.7. The number of benzene rings is 4. The summed E-state index contributed by atoms with van der Waals surface area (Å²) in [6.07, 6.45) is -2.14. The van der Waals surface area contributed by atoms with Gasteiger partial charge in [-0.2, -0.15) is 0 Å². The standard InChI is InChI=1S/C50H66O11P2/c1-27-41(56-62-58-43-33(19-29(51-15)23-37(43)47(3,4)5)34-20-30(52-16)24-38(44(34)59-62)48(6,7)8)42(28(2)55-27)57-63-60-45-35(21-31(53-17)25-39(45)49(9,10)11)36-22-32(54-18)26-40(46(36)61-63)50(12,13)14/h19-28,41-42H,1-18H3/t27-,28-,41+,42+/m1/s1. The topological polar surface area (TPSA) is 117 Å². The van der Waals surface area contributed by atoms with Crippen molar-refractivity contribution < 1.29 is 49.5 Å². The molecule has 3 heterocycles. The molecule has 1 aliphatic rings. The van der Waals surface area contributed by atoms with Gasteiger partial charge in [-0.3, -0.25) is 9.05 Å². The van der Waals surface area contributed by atoms with Crippen LogP contribution in [0.2, 0.25) is 0 Å². The summed E-state index contributed by atoms with van der Waals surface area (Å²) in [5.74, 6) is 2.82. The molecule has 7 rings (SSSR count). The van der Waals surface area contributed by atoms with Crippen LogP contribution in [0.5, 0.6) is 23.0 Å². The lowest BCUT2D eigenvalue weighted by Gasteiger charge is -2.22. The molecule has 0 unspecified atom stereocenters. The van der Waals surface area contributed by atoms with Gasteiger partial charge in [-0.15, -0.1) is 0 Å². The molecule has 2 aromatic heterocycles. The van der Waals surface area contributed by atoms with Crippen molar-refractivity contribution in [2.24, 2.45) is 0 Å². The Kier molecular flexibility index (Phi) is 12.6. The Bertz CT molecular complexity index is 2400. The van der Waals surface area contributed by atoms with E-state index in [1.165, 1.54) is 0 Å². The van der Waals surface area contributed by atoms with Gasteiger partial charge >= 0.3 is 16.5 Å². The van der Waals surface area contributed by atoms with E-state index in [1.807, 2.05) is 62.4 Å². The molecule has 0 spiro atoms. The molecule has 342 valence electrons. The molecular weight excluding hydrogens is 838 g/mol. The van der Waals surface area contributed by atoms with Crippen molar-refractivity contribution in [1.29, 1.82) is 0 Å². The lowest BCUT2D eigenvalue weighted by atomic mass is 9.84. The van der Waals surface area contributed by atoms with Gasteiger partial charge in [-0.05, 0) is 84.0 Å². The smallest absolute Gasteiger partial charge is 0.387 e. The predicted octanol–water partition coefficient (Wildman–Crippen LogP) is 14.2. The molecule has 1 aliphatic heterocycles. The number of rotatable bonds is 8. The third-order valence-corrected chi connectivity index (χ3v) is 13.9. The summed E-state index contributed by atoms with van der Waals surface area (Å²) in [5.41, 5.74) is 5.04. The van der Waals surface area contributed by atoms with Gasteiger partial charge in [-0.25, -0.2) is 0 Å². The molecule has 4 atom stereocenters. The lowest BCUT2D eigenvalue weighted by molar-refractivity contribution is 0.0386. The Morgan fingerprint density at radius 2 is 0.603 bits per heavy atom. The van der Waals surface area contributed by atoms with Crippen LogP contribution < -0.4 is 28.0 Å². The van der Waals surface area contributed by atoms with E-state index in [4.69, 9.17) is 49.5 Å². The molecule has 1 fully saturated rings. The van der Waals surface area contributed by atoms with Crippen LogP contribution in [-0.2, 0) is 26.4 Å². The molecule has 6 aromatic rings. The highest BCUT2D eigenvalue weighted by atomic mass is 31.1. The third kappa shape index (κ3) is 9.19. The first-order chi connectivity index (χ1) is 29.4. The van der Waals surface area contributed by atoms with E-state index in [-0.39, 0.29) is 21.7 Å². The lowest BCUT2D eigenvalue weighted by Crippen LogP contribution is -2.39. The molecule has 13 heteroatoms. The molecule has 0 radical (unpaired) electrons. The summed E-state index contributed by atoms with van der Waals surface area (Å²) >= 11 is 0. The Morgan fingerprint density at radius 3 is 0.794 bits per heavy atom. The monoisotopic (exact) mass is 904 g/mol. The van der Waals surface area contributed by atoms with Crippen molar-refractivity contribution in [1.82, 2.24) is 0 Å². The number of hydrogen-bond acceptors (Lipinski definition) is 11. The molecule has 0 amide bonds. The average Bonchev–Trinajstić information content (AvgIpc) is 3.30. The summed E-state index contributed by atoms with van der Waals surface area (Å²) in [4.78, 5) is 0. The Balaban J connectivity index is 1.49. The summed E-state index contributed by atoms with van der Waals surface area (Å²) in [6, 6.07) is 16.1. The maximum atomic E-state index is 7.09. The van der Waals surface area contributed by atoms with Gasteiger partial charge in [0.2, 0.25) is 0 Å². The third-order valence-electron chi connectivity index (χ3n) is 11.8. The van der Waals surface area contributed by atoms with Crippen LogP contribution in [-0.4, -0.2) is 52.9 Å².